The van der Waals surface area contributed by atoms with E-state index in [0.29, 0.717) is 0 Å². The number of imidazole rings is 1. The van der Waals surface area contributed by atoms with Crippen LogP contribution in [-0.4, -0.2) is 27.8 Å². The lowest BCUT2D eigenvalue weighted by Crippen LogP contribution is -2.33. The van der Waals surface area contributed by atoms with Gasteiger partial charge in [0.2, 0.25) is 5.91 Å². The van der Waals surface area contributed by atoms with Crippen molar-refractivity contribution in [3.05, 3.63) is 72.6 Å². The van der Waals surface area contributed by atoms with E-state index < -0.39 is 0 Å². The molecule has 2 atom stereocenters. The Morgan fingerprint density at radius 3 is 2.48 bits per heavy atom. The SMILES string of the molecule is COc1ccc(-n2ccnc2SC(C)C(=O)NC(C)c2ccccc2)cc1. The summed E-state index contributed by atoms with van der Waals surface area (Å²) in [5.41, 5.74) is 2.06. The molecule has 0 aliphatic heterocycles. The first kappa shape index (κ1) is 19.0. The molecule has 0 aliphatic rings. The molecule has 0 radical (unpaired) electrons. The quantitative estimate of drug-likeness (QED) is 0.622. The summed E-state index contributed by atoms with van der Waals surface area (Å²) in [5, 5.41) is 3.57. The summed E-state index contributed by atoms with van der Waals surface area (Å²) in [6, 6.07) is 17.6. The van der Waals surface area contributed by atoms with Gasteiger partial charge in [0.1, 0.15) is 5.75 Å². The van der Waals surface area contributed by atoms with Crippen molar-refractivity contribution in [1.29, 1.82) is 0 Å². The molecule has 1 N–H and O–H groups in total. The molecule has 1 amide bonds. The molecule has 0 saturated carbocycles. The summed E-state index contributed by atoms with van der Waals surface area (Å²) in [6.07, 6.45) is 3.63. The Kier molecular flexibility index (Phi) is 6.19. The van der Waals surface area contributed by atoms with Crippen LogP contribution in [0.15, 0.2) is 72.1 Å². The number of hydrogen-bond acceptors (Lipinski definition) is 4. The smallest absolute Gasteiger partial charge is 0.233 e. The van der Waals surface area contributed by atoms with E-state index in [1.807, 2.05) is 79.2 Å². The van der Waals surface area contributed by atoms with Crippen molar-refractivity contribution in [3.63, 3.8) is 0 Å². The van der Waals surface area contributed by atoms with Crippen molar-refractivity contribution in [1.82, 2.24) is 14.9 Å². The fourth-order valence-corrected chi connectivity index (χ4v) is 3.58. The Balaban J connectivity index is 1.66. The van der Waals surface area contributed by atoms with Gasteiger partial charge in [-0.3, -0.25) is 9.36 Å². The molecule has 2 aromatic carbocycles. The van der Waals surface area contributed by atoms with E-state index in [9.17, 15) is 4.79 Å². The van der Waals surface area contributed by atoms with Gasteiger partial charge >= 0.3 is 0 Å². The van der Waals surface area contributed by atoms with Crippen LogP contribution in [0.5, 0.6) is 5.75 Å². The molecule has 0 saturated heterocycles. The van der Waals surface area contributed by atoms with Gasteiger partial charge in [0.05, 0.1) is 18.4 Å². The van der Waals surface area contributed by atoms with Gasteiger partial charge in [-0.15, -0.1) is 0 Å². The number of rotatable bonds is 7. The van der Waals surface area contributed by atoms with Gasteiger partial charge in [0.15, 0.2) is 5.16 Å². The Morgan fingerprint density at radius 1 is 1.11 bits per heavy atom. The van der Waals surface area contributed by atoms with Crippen molar-refractivity contribution >= 4 is 17.7 Å². The van der Waals surface area contributed by atoms with Gasteiger partial charge < -0.3 is 10.1 Å². The number of aromatic nitrogens is 2. The number of thioether (sulfide) groups is 1. The Bertz CT molecular complexity index is 878. The summed E-state index contributed by atoms with van der Waals surface area (Å²) < 4.78 is 7.17. The number of methoxy groups -OCH3 is 1. The number of nitrogens with zero attached hydrogens (tertiary/aromatic N) is 2. The van der Waals surface area contributed by atoms with Gasteiger partial charge in [-0.2, -0.15) is 0 Å². The molecular formula is C21H23N3O2S. The first-order chi connectivity index (χ1) is 13.1. The second kappa shape index (κ2) is 8.77. The first-order valence-corrected chi connectivity index (χ1v) is 9.66. The lowest BCUT2D eigenvalue weighted by Gasteiger charge is -2.18. The Labute approximate surface area is 163 Å². The van der Waals surface area contributed by atoms with Crippen LogP contribution in [0.2, 0.25) is 0 Å². The second-order valence-electron chi connectivity index (χ2n) is 6.18. The van der Waals surface area contributed by atoms with E-state index in [2.05, 4.69) is 10.3 Å². The highest BCUT2D eigenvalue weighted by molar-refractivity contribution is 8.00. The predicted octanol–water partition coefficient (Wildman–Crippen LogP) is 4.24. The van der Waals surface area contributed by atoms with E-state index in [1.165, 1.54) is 11.8 Å². The van der Waals surface area contributed by atoms with E-state index in [-0.39, 0.29) is 17.2 Å². The maximum absolute atomic E-state index is 12.6. The minimum absolute atomic E-state index is 0.0133. The number of ether oxygens (including phenoxy) is 1. The molecule has 2 unspecified atom stereocenters. The van der Waals surface area contributed by atoms with Gasteiger partial charge in [-0.05, 0) is 43.7 Å². The number of carbonyl (C=O) groups is 1. The third kappa shape index (κ3) is 4.71. The maximum Gasteiger partial charge on any atom is 0.233 e. The minimum atomic E-state index is -0.268. The number of carbonyl (C=O) groups excluding carboxylic acids is 1. The molecule has 1 heterocycles. The normalized spacial score (nSPS) is 13.0. The fraction of sp³-hybridized carbons (Fsp3) is 0.238. The Morgan fingerprint density at radius 2 is 1.81 bits per heavy atom. The van der Waals surface area contributed by atoms with Crippen molar-refractivity contribution < 1.29 is 9.53 Å². The van der Waals surface area contributed by atoms with Crippen LogP contribution in [0, 0.1) is 0 Å². The van der Waals surface area contributed by atoms with Crippen LogP contribution in [0.25, 0.3) is 5.69 Å². The number of amides is 1. The molecule has 0 spiro atoms. The average Bonchev–Trinajstić information content (AvgIpc) is 3.16. The molecule has 3 rings (SSSR count). The summed E-state index contributed by atoms with van der Waals surface area (Å²) in [6.45, 7) is 3.88. The van der Waals surface area contributed by atoms with Gasteiger partial charge in [0, 0.05) is 18.1 Å². The van der Waals surface area contributed by atoms with E-state index >= 15 is 0 Å². The zero-order valence-corrected chi connectivity index (χ0v) is 16.4. The number of nitrogens with one attached hydrogen (secondary N) is 1. The maximum atomic E-state index is 12.6. The van der Waals surface area contributed by atoms with E-state index in [4.69, 9.17) is 4.74 Å². The number of hydrogen-bond donors (Lipinski definition) is 1. The van der Waals surface area contributed by atoms with Gasteiger partial charge in [-0.25, -0.2) is 4.98 Å². The highest BCUT2D eigenvalue weighted by Crippen LogP contribution is 2.26. The van der Waals surface area contributed by atoms with Crippen LogP contribution in [0.1, 0.15) is 25.5 Å². The molecule has 0 fully saturated rings. The molecule has 140 valence electrons. The summed E-state index contributed by atoms with van der Waals surface area (Å²) >= 11 is 1.44. The highest BCUT2D eigenvalue weighted by Gasteiger charge is 2.19. The largest absolute Gasteiger partial charge is 0.497 e. The lowest BCUT2D eigenvalue weighted by atomic mass is 10.1. The van der Waals surface area contributed by atoms with E-state index in [1.54, 1.807) is 13.3 Å². The topological polar surface area (TPSA) is 56.2 Å². The summed E-state index contributed by atoms with van der Waals surface area (Å²) in [5.74, 6) is 0.788. The molecule has 0 aliphatic carbocycles. The first-order valence-electron chi connectivity index (χ1n) is 8.78. The fourth-order valence-electron chi connectivity index (χ4n) is 2.68. The third-order valence-electron chi connectivity index (χ3n) is 4.27. The molecule has 6 heteroatoms. The van der Waals surface area contributed by atoms with Crippen molar-refractivity contribution in [2.45, 2.75) is 30.3 Å². The average molecular weight is 382 g/mol. The summed E-state index contributed by atoms with van der Waals surface area (Å²) in [4.78, 5) is 17.0. The van der Waals surface area contributed by atoms with Crippen molar-refractivity contribution in [2.24, 2.45) is 0 Å². The second-order valence-corrected chi connectivity index (χ2v) is 7.49. The van der Waals surface area contributed by atoms with Gasteiger partial charge in [0.25, 0.3) is 0 Å². The standard InChI is InChI=1S/C21H23N3O2S/c1-15(17-7-5-4-6-8-17)23-20(25)16(2)27-21-22-13-14-24(21)18-9-11-19(26-3)12-10-18/h4-16H,1-3H3,(H,23,25). The molecule has 3 aromatic rings. The van der Waals surface area contributed by atoms with Crippen LogP contribution in [-0.2, 0) is 4.79 Å². The van der Waals surface area contributed by atoms with Crippen molar-refractivity contribution in [3.8, 4) is 11.4 Å². The third-order valence-corrected chi connectivity index (χ3v) is 5.35. The molecular weight excluding hydrogens is 358 g/mol. The number of benzene rings is 2. The van der Waals surface area contributed by atoms with Gasteiger partial charge in [-0.1, -0.05) is 42.1 Å². The van der Waals surface area contributed by atoms with Crippen LogP contribution >= 0.6 is 11.8 Å². The van der Waals surface area contributed by atoms with Crippen LogP contribution < -0.4 is 10.1 Å². The predicted molar refractivity (Wildman–Crippen MR) is 108 cm³/mol. The van der Waals surface area contributed by atoms with Crippen LogP contribution in [0.4, 0.5) is 0 Å². The Hall–Kier alpha value is -2.73. The zero-order chi connectivity index (χ0) is 19.2. The monoisotopic (exact) mass is 381 g/mol. The van der Waals surface area contributed by atoms with E-state index in [0.717, 1.165) is 22.2 Å². The lowest BCUT2D eigenvalue weighted by molar-refractivity contribution is -0.120. The minimum Gasteiger partial charge on any atom is -0.497 e. The van der Waals surface area contributed by atoms with Crippen molar-refractivity contribution in [2.75, 3.05) is 7.11 Å². The highest BCUT2D eigenvalue weighted by atomic mass is 32.2. The van der Waals surface area contributed by atoms with Crippen LogP contribution in [0.3, 0.4) is 0 Å². The molecule has 27 heavy (non-hydrogen) atoms. The molecule has 5 nitrogen and oxygen atoms in total. The zero-order valence-electron chi connectivity index (χ0n) is 15.6. The summed E-state index contributed by atoms with van der Waals surface area (Å²) in [7, 11) is 1.64. The molecule has 0 bridgehead atoms. The molecule has 1 aromatic heterocycles.